The monoisotopic (exact) mass is 378 g/mol. The van der Waals surface area contributed by atoms with Crippen molar-refractivity contribution in [1.82, 2.24) is 10.2 Å². The molecule has 0 radical (unpaired) electrons. The molecule has 1 heterocycles. The number of benzene rings is 1. The number of carbonyl (C=O) groups is 2. The zero-order chi connectivity index (χ0) is 18.0. The third-order valence-corrected chi connectivity index (χ3v) is 5.26. The minimum atomic E-state index is -0.139. The van der Waals surface area contributed by atoms with E-state index in [9.17, 15) is 9.59 Å². The Morgan fingerprint density at radius 2 is 2.20 bits per heavy atom. The first-order valence-corrected chi connectivity index (χ1v) is 9.02. The standard InChI is InChI=1S/C17H18N2O4S2/c1-19-16(21)14(25-17(19)24)8-10-3-6-12(13(7-10)22-2)23-9-15(20)18-11-4-5-11/h3,6-8,11H,4-5,9H2,1-2H3,(H,18,20)/b14-8+. The van der Waals surface area contributed by atoms with Crippen LogP contribution < -0.4 is 14.8 Å². The molecule has 1 N–H and O–H groups in total. The average molecular weight is 378 g/mol. The molecule has 3 rings (SSSR count). The van der Waals surface area contributed by atoms with E-state index in [-0.39, 0.29) is 18.4 Å². The maximum absolute atomic E-state index is 12.1. The van der Waals surface area contributed by atoms with E-state index >= 15 is 0 Å². The van der Waals surface area contributed by atoms with Crippen molar-refractivity contribution in [3.05, 3.63) is 28.7 Å². The van der Waals surface area contributed by atoms with Crippen molar-refractivity contribution in [3.8, 4) is 11.5 Å². The van der Waals surface area contributed by atoms with E-state index in [0.717, 1.165) is 18.4 Å². The van der Waals surface area contributed by atoms with Crippen molar-refractivity contribution in [3.63, 3.8) is 0 Å². The van der Waals surface area contributed by atoms with Crippen molar-refractivity contribution in [2.24, 2.45) is 0 Å². The second kappa shape index (κ2) is 7.45. The van der Waals surface area contributed by atoms with Gasteiger partial charge in [-0.05, 0) is 36.6 Å². The van der Waals surface area contributed by atoms with E-state index in [1.54, 1.807) is 31.3 Å². The largest absolute Gasteiger partial charge is 0.493 e. The summed E-state index contributed by atoms with van der Waals surface area (Å²) < 4.78 is 11.4. The number of hydrogen-bond acceptors (Lipinski definition) is 6. The van der Waals surface area contributed by atoms with Gasteiger partial charge in [0.25, 0.3) is 11.8 Å². The molecule has 0 unspecified atom stereocenters. The molecule has 0 bridgehead atoms. The van der Waals surface area contributed by atoms with Gasteiger partial charge in [-0.2, -0.15) is 0 Å². The average Bonchev–Trinajstić information content (AvgIpc) is 3.38. The van der Waals surface area contributed by atoms with Gasteiger partial charge in [0.1, 0.15) is 4.32 Å². The summed E-state index contributed by atoms with van der Waals surface area (Å²) in [7, 11) is 3.18. The van der Waals surface area contributed by atoms with E-state index in [4.69, 9.17) is 21.7 Å². The van der Waals surface area contributed by atoms with E-state index < -0.39 is 0 Å². The molecule has 1 saturated heterocycles. The van der Waals surface area contributed by atoms with Crippen LogP contribution in [0.3, 0.4) is 0 Å². The number of rotatable bonds is 6. The highest BCUT2D eigenvalue weighted by molar-refractivity contribution is 8.26. The molecule has 2 fully saturated rings. The van der Waals surface area contributed by atoms with Crippen molar-refractivity contribution in [2.45, 2.75) is 18.9 Å². The molecule has 0 atom stereocenters. The fourth-order valence-corrected chi connectivity index (χ4v) is 3.41. The predicted molar refractivity (Wildman–Crippen MR) is 101 cm³/mol. The molecular formula is C17H18N2O4S2. The number of ether oxygens (including phenoxy) is 2. The number of amides is 2. The summed E-state index contributed by atoms with van der Waals surface area (Å²) in [4.78, 5) is 25.8. The first-order valence-electron chi connectivity index (χ1n) is 7.79. The Kier molecular flexibility index (Phi) is 5.29. The summed E-state index contributed by atoms with van der Waals surface area (Å²) in [6.07, 6.45) is 3.83. The summed E-state index contributed by atoms with van der Waals surface area (Å²) in [5.41, 5.74) is 0.792. The maximum atomic E-state index is 12.1. The van der Waals surface area contributed by atoms with Gasteiger partial charge in [-0.15, -0.1) is 0 Å². The normalized spacial score (nSPS) is 18.6. The molecule has 0 spiro atoms. The molecule has 0 aromatic heterocycles. The number of likely N-dealkylation sites (N-methyl/N-ethyl adjacent to an activating group) is 1. The quantitative estimate of drug-likeness (QED) is 0.605. The Balaban J connectivity index is 1.70. The molecule has 8 heteroatoms. The summed E-state index contributed by atoms with van der Waals surface area (Å²) in [6, 6.07) is 5.59. The molecule has 1 saturated carbocycles. The summed E-state index contributed by atoms with van der Waals surface area (Å²) in [5.74, 6) is 0.722. The first kappa shape index (κ1) is 17.8. The molecular weight excluding hydrogens is 360 g/mol. The molecule has 1 aliphatic carbocycles. The lowest BCUT2D eigenvalue weighted by atomic mass is 10.2. The van der Waals surface area contributed by atoms with Gasteiger partial charge in [-0.25, -0.2) is 0 Å². The number of thioether (sulfide) groups is 1. The Hall–Kier alpha value is -2.06. The van der Waals surface area contributed by atoms with Crippen molar-refractivity contribution in [2.75, 3.05) is 20.8 Å². The number of nitrogens with zero attached hydrogens (tertiary/aromatic N) is 1. The van der Waals surface area contributed by atoms with Gasteiger partial charge >= 0.3 is 0 Å². The van der Waals surface area contributed by atoms with Crippen LogP contribution >= 0.6 is 24.0 Å². The van der Waals surface area contributed by atoms with Gasteiger partial charge in [0.2, 0.25) is 0 Å². The van der Waals surface area contributed by atoms with Crippen molar-refractivity contribution >= 4 is 46.2 Å². The van der Waals surface area contributed by atoms with Crippen LogP contribution in [-0.4, -0.2) is 47.8 Å². The number of carbonyl (C=O) groups excluding carboxylic acids is 2. The lowest BCUT2D eigenvalue weighted by molar-refractivity contribution is -0.123. The molecule has 6 nitrogen and oxygen atoms in total. The van der Waals surface area contributed by atoms with Crippen LogP contribution in [0, 0.1) is 0 Å². The van der Waals surface area contributed by atoms with Gasteiger partial charge in [0, 0.05) is 13.1 Å². The predicted octanol–water partition coefficient (Wildman–Crippen LogP) is 2.18. The lowest BCUT2D eigenvalue weighted by Gasteiger charge is -2.11. The second-order valence-electron chi connectivity index (χ2n) is 5.78. The first-order chi connectivity index (χ1) is 12.0. The highest BCUT2D eigenvalue weighted by Crippen LogP contribution is 2.34. The molecule has 132 valence electrons. The van der Waals surface area contributed by atoms with E-state index in [0.29, 0.717) is 26.8 Å². The summed E-state index contributed by atoms with van der Waals surface area (Å²) in [5, 5.41) is 2.86. The Labute approximate surface area is 155 Å². The minimum absolute atomic E-state index is 0.0549. The SMILES string of the molecule is COc1cc(/C=C2/SC(=S)N(C)C2=O)ccc1OCC(=O)NC1CC1. The van der Waals surface area contributed by atoms with Crippen molar-refractivity contribution in [1.29, 1.82) is 0 Å². The highest BCUT2D eigenvalue weighted by Gasteiger charge is 2.28. The zero-order valence-electron chi connectivity index (χ0n) is 13.9. The molecule has 2 amide bonds. The Bertz CT molecular complexity index is 759. The minimum Gasteiger partial charge on any atom is -0.493 e. The molecule has 25 heavy (non-hydrogen) atoms. The van der Waals surface area contributed by atoms with Gasteiger partial charge < -0.3 is 14.8 Å². The number of hydrogen-bond donors (Lipinski definition) is 1. The van der Waals surface area contributed by atoms with Crippen LogP contribution in [0.5, 0.6) is 11.5 Å². The topological polar surface area (TPSA) is 67.9 Å². The van der Waals surface area contributed by atoms with Crippen molar-refractivity contribution < 1.29 is 19.1 Å². The fraction of sp³-hybridized carbons (Fsp3) is 0.353. The number of thiocarbonyl (C=S) groups is 1. The van der Waals surface area contributed by atoms with Crippen LogP contribution in [0.15, 0.2) is 23.1 Å². The van der Waals surface area contributed by atoms with Gasteiger partial charge in [0.15, 0.2) is 18.1 Å². The smallest absolute Gasteiger partial charge is 0.265 e. The summed E-state index contributed by atoms with van der Waals surface area (Å²) in [6.45, 7) is -0.0549. The fourth-order valence-electron chi connectivity index (χ4n) is 2.23. The van der Waals surface area contributed by atoms with Crippen LogP contribution in [0.25, 0.3) is 6.08 Å². The lowest BCUT2D eigenvalue weighted by Crippen LogP contribution is -2.30. The van der Waals surface area contributed by atoms with Gasteiger partial charge in [-0.1, -0.05) is 30.0 Å². The molecule has 1 aromatic rings. The zero-order valence-corrected chi connectivity index (χ0v) is 15.5. The Morgan fingerprint density at radius 3 is 2.80 bits per heavy atom. The molecule has 1 aromatic carbocycles. The van der Waals surface area contributed by atoms with Crippen LogP contribution in [0.4, 0.5) is 0 Å². The van der Waals surface area contributed by atoms with E-state index in [2.05, 4.69) is 5.32 Å². The van der Waals surface area contributed by atoms with Crippen LogP contribution in [0.2, 0.25) is 0 Å². The molecule has 1 aliphatic heterocycles. The maximum Gasteiger partial charge on any atom is 0.265 e. The van der Waals surface area contributed by atoms with Crippen LogP contribution in [-0.2, 0) is 9.59 Å². The second-order valence-corrected chi connectivity index (χ2v) is 7.46. The van der Waals surface area contributed by atoms with E-state index in [1.165, 1.54) is 23.8 Å². The van der Waals surface area contributed by atoms with E-state index in [1.807, 2.05) is 0 Å². The Morgan fingerprint density at radius 1 is 1.44 bits per heavy atom. The van der Waals surface area contributed by atoms with Gasteiger partial charge in [-0.3, -0.25) is 14.5 Å². The molecule has 2 aliphatic rings. The number of nitrogens with one attached hydrogen (secondary N) is 1. The number of methoxy groups -OCH3 is 1. The van der Waals surface area contributed by atoms with Crippen LogP contribution in [0.1, 0.15) is 18.4 Å². The third-order valence-electron chi connectivity index (χ3n) is 3.77. The third kappa shape index (κ3) is 4.32. The van der Waals surface area contributed by atoms with Gasteiger partial charge in [0.05, 0.1) is 12.0 Å². The summed E-state index contributed by atoms with van der Waals surface area (Å²) >= 11 is 6.38. The highest BCUT2D eigenvalue weighted by atomic mass is 32.2.